The Morgan fingerprint density at radius 3 is 2.21 bits per heavy atom. The van der Waals surface area contributed by atoms with Gasteiger partial charge in [0.2, 0.25) is 0 Å². The highest BCUT2D eigenvalue weighted by Gasteiger charge is 2.17. The third-order valence-electron chi connectivity index (χ3n) is 7.15. The fourth-order valence-electron chi connectivity index (χ4n) is 5.41. The molecule has 0 atom stereocenters. The van der Waals surface area contributed by atoms with Gasteiger partial charge in [0, 0.05) is 15.2 Å². The summed E-state index contributed by atoms with van der Waals surface area (Å²) in [6.07, 6.45) is 0. The van der Waals surface area contributed by atoms with Crippen molar-refractivity contribution >= 4 is 70.2 Å². The molecule has 1 aromatic heterocycles. The minimum atomic E-state index is -0.395. The molecule has 38 heavy (non-hydrogen) atoms. The van der Waals surface area contributed by atoms with Crippen LogP contribution >= 0.6 is 15.9 Å². The number of hydrogen-bond acceptors (Lipinski definition) is 1. The topological polar surface area (TPSA) is 13.1 Å². The molecule has 1 heterocycles. The van der Waals surface area contributed by atoms with Crippen LogP contribution in [-0.4, -0.2) is 0 Å². The van der Waals surface area contributed by atoms with Crippen LogP contribution in [0.1, 0.15) is 9.60 Å². The monoisotopic (exact) mass is 555 g/mol. The smallest absolute Gasteiger partial charge is 0.136 e. The highest BCUT2D eigenvalue weighted by molar-refractivity contribution is 9.10. The average Bonchev–Trinajstić information content (AvgIpc) is 3.44. The third kappa shape index (κ3) is 3.17. The van der Waals surface area contributed by atoms with E-state index in [0.29, 0.717) is 27.7 Å². The van der Waals surface area contributed by atoms with Crippen LogP contribution in [0.5, 0.6) is 0 Å². The van der Waals surface area contributed by atoms with E-state index in [2.05, 4.69) is 15.9 Å². The lowest BCUT2D eigenvalue weighted by molar-refractivity contribution is 0.669. The normalized spacial score (nSPS) is 14.4. The molecule has 0 amide bonds. The first-order valence-electron chi connectivity index (χ1n) is 15.7. The summed E-state index contributed by atoms with van der Waals surface area (Å²) in [7, 11) is 0. The van der Waals surface area contributed by atoms with Gasteiger partial charge in [-0.3, -0.25) is 0 Å². The highest BCUT2D eigenvalue weighted by Crippen LogP contribution is 2.44. The zero-order valence-electron chi connectivity index (χ0n) is 26.9. The lowest BCUT2D eigenvalue weighted by Crippen LogP contribution is -1.89. The van der Waals surface area contributed by atoms with Gasteiger partial charge >= 0.3 is 0 Å². The first-order chi connectivity index (χ1) is 21.7. The second kappa shape index (κ2) is 8.31. The number of halogens is 1. The average molecular weight is 557 g/mol. The summed E-state index contributed by atoms with van der Waals surface area (Å²) in [6.45, 7) is 0. The van der Waals surface area contributed by atoms with Crippen LogP contribution in [0, 0.1) is 0 Å². The maximum absolute atomic E-state index is 9.54. The molecule has 0 spiro atoms. The Bertz CT molecular complexity index is 2580. The Kier molecular flexibility index (Phi) is 3.45. The summed E-state index contributed by atoms with van der Waals surface area (Å²) < 4.78 is 69.1. The van der Waals surface area contributed by atoms with Crippen molar-refractivity contribution in [3.05, 3.63) is 132 Å². The molecule has 0 N–H and O–H groups in total. The van der Waals surface area contributed by atoms with Crippen molar-refractivity contribution in [2.75, 3.05) is 0 Å². The summed E-state index contributed by atoms with van der Waals surface area (Å²) in [5.74, 6) is 0. The van der Waals surface area contributed by atoms with E-state index >= 15 is 0 Å². The van der Waals surface area contributed by atoms with E-state index < -0.39 is 6.04 Å². The number of hydrogen-bond donors (Lipinski definition) is 0. The minimum absolute atomic E-state index is 0.00859. The number of para-hydroxylation sites is 1. The van der Waals surface area contributed by atoms with Crippen molar-refractivity contribution < 1.29 is 14.0 Å². The molecule has 8 aromatic rings. The number of furan rings is 1. The van der Waals surface area contributed by atoms with Gasteiger partial charge in [-0.05, 0) is 94.7 Å². The van der Waals surface area contributed by atoms with Crippen molar-refractivity contribution in [2.24, 2.45) is 0 Å². The minimum Gasteiger partial charge on any atom is -0.456 e. The van der Waals surface area contributed by atoms with Gasteiger partial charge in [-0.1, -0.05) is 103 Å². The summed E-state index contributed by atoms with van der Waals surface area (Å²) in [5, 5.41) is 4.75. The van der Waals surface area contributed by atoms with E-state index in [1.807, 2.05) is 72.8 Å². The fourth-order valence-corrected chi connectivity index (χ4v) is 6.00. The van der Waals surface area contributed by atoms with Crippen LogP contribution in [0.2, 0.25) is 0 Å². The van der Waals surface area contributed by atoms with E-state index in [1.165, 1.54) is 0 Å². The lowest BCUT2D eigenvalue weighted by atomic mass is 9.89. The van der Waals surface area contributed by atoms with Crippen molar-refractivity contribution in [2.45, 2.75) is 0 Å². The molecule has 0 bridgehead atoms. The first kappa shape index (κ1) is 15.8. The zero-order valence-corrected chi connectivity index (χ0v) is 21.5. The van der Waals surface area contributed by atoms with Gasteiger partial charge < -0.3 is 4.42 Å². The molecule has 1 nitrogen and oxygen atoms in total. The first-order valence-corrected chi connectivity index (χ1v) is 13.0. The van der Waals surface area contributed by atoms with Crippen molar-refractivity contribution in [1.82, 2.24) is 0 Å². The van der Waals surface area contributed by atoms with E-state index in [4.69, 9.17) is 11.3 Å². The molecule has 0 unspecified atom stereocenters. The maximum Gasteiger partial charge on any atom is 0.136 e. The second-order valence-electron chi connectivity index (χ2n) is 9.28. The van der Waals surface area contributed by atoms with Crippen LogP contribution in [0.3, 0.4) is 0 Å². The predicted molar refractivity (Wildman–Crippen MR) is 165 cm³/mol. The van der Waals surface area contributed by atoms with E-state index in [-0.39, 0.29) is 62.4 Å². The van der Waals surface area contributed by atoms with Gasteiger partial charge in [-0.2, -0.15) is 0 Å². The molecule has 178 valence electrons. The van der Waals surface area contributed by atoms with Crippen LogP contribution in [-0.2, 0) is 0 Å². The largest absolute Gasteiger partial charge is 0.456 e. The lowest BCUT2D eigenvalue weighted by Gasteiger charge is -2.16. The summed E-state index contributed by atoms with van der Waals surface area (Å²) >= 11 is 3.58. The molecule has 0 radical (unpaired) electrons. The maximum atomic E-state index is 9.54. The van der Waals surface area contributed by atoms with Crippen LogP contribution in [0.25, 0.3) is 76.5 Å². The van der Waals surface area contributed by atoms with Crippen LogP contribution in [0.15, 0.2) is 136 Å². The highest BCUT2D eigenvalue weighted by atomic mass is 79.9. The predicted octanol–water partition coefficient (Wildman–Crippen LogP) is 11.1. The van der Waals surface area contributed by atoms with Crippen molar-refractivity contribution in [3.8, 4) is 22.3 Å². The van der Waals surface area contributed by atoms with Crippen LogP contribution in [0.4, 0.5) is 0 Å². The van der Waals surface area contributed by atoms with E-state index in [0.717, 1.165) is 27.1 Å². The van der Waals surface area contributed by atoms with Gasteiger partial charge in [0.05, 0.1) is 9.60 Å². The van der Waals surface area contributed by atoms with Crippen molar-refractivity contribution in [1.29, 1.82) is 0 Å². The van der Waals surface area contributed by atoms with Gasteiger partial charge in [-0.25, -0.2) is 0 Å². The quantitative estimate of drug-likeness (QED) is 0.193. The van der Waals surface area contributed by atoms with Crippen molar-refractivity contribution in [3.63, 3.8) is 0 Å². The summed E-state index contributed by atoms with van der Waals surface area (Å²) in [5.41, 5.74) is 3.40. The van der Waals surface area contributed by atoms with Gasteiger partial charge in [-0.15, -0.1) is 0 Å². The summed E-state index contributed by atoms with van der Waals surface area (Å²) in [4.78, 5) is 0. The molecule has 0 aliphatic rings. The van der Waals surface area contributed by atoms with Crippen LogP contribution < -0.4 is 0 Å². The second-order valence-corrected chi connectivity index (χ2v) is 10.1. The van der Waals surface area contributed by atoms with E-state index in [1.54, 1.807) is 12.1 Å². The van der Waals surface area contributed by atoms with Gasteiger partial charge in [0.15, 0.2) is 0 Å². The Balaban J connectivity index is 1.63. The Morgan fingerprint density at radius 2 is 1.32 bits per heavy atom. The molecular formula is C36H21BrO. The van der Waals surface area contributed by atoms with E-state index in [9.17, 15) is 2.74 Å². The standard InChI is InChI=1S/C36H21BrO/c37-36-27-11-5-4-10-26(27)34(31-20-24(16-18-28(31)36)22-8-2-1-3-9-22)25-15-14-23-17-19-33-35(30(23)21-25)29-12-6-7-13-32(29)38-33/h1-21H/i4D,5D,10D,11D,16D,18D,20D. The number of rotatable bonds is 2. The number of benzene rings is 7. The van der Waals surface area contributed by atoms with Gasteiger partial charge in [0.25, 0.3) is 0 Å². The Labute approximate surface area is 237 Å². The molecule has 0 saturated carbocycles. The number of fused-ring (bicyclic) bond motifs is 7. The molecule has 7 aromatic carbocycles. The molecule has 8 rings (SSSR count). The SMILES string of the molecule is [2H]c1c([2H])c([2H])c2c(-c3ccc4ccc5oc6ccccc6c5c4c3)c3c([2H])c(-c4ccccc4)c([2H])c([2H])c3c(Br)c2c1[2H]. The molecule has 0 saturated heterocycles. The summed E-state index contributed by atoms with van der Waals surface area (Å²) in [6, 6.07) is 25.1. The third-order valence-corrected chi connectivity index (χ3v) is 7.94. The zero-order chi connectivity index (χ0) is 31.3. The van der Waals surface area contributed by atoms with Gasteiger partial charge in [0.1, 0.15) is 11.2 Å². The Hall–Kier alpha value is -4.40. The molecule has 0 aliphatic carbocycles. The molecule has 0 fully saturated rings. The fraction of sp³-hybridized carbons (Fsp3) is 0. The molecule has 0 aliphatic heterocycles. The molecule has 2 heteroatoms. The Morgan fingerprint density at radius 1 is 0.553 bits per heavy atom. The molecular weight excluding hydrogens is 528 g/mol.